The number of ether oxygens (including phenoxy) is 1. The van der Waals surface area contributed by atoms with Crippen LogP contribution < -0.4 is 10.1 Å². The van der Waals surface area contributed by atoms with Crippen LogP contribution >= 0.6 is 27.7 Å². The van der Waals surface area contributed by atoms with E-state index < -0.39 is 0 Å². The zero-order valence-electron chi connectivity index (χ0n) is 10.9. The third-order valence-electron chi connectivity index (χ3n) is 2.61. The van der Waals surface area contributed by atoms with Crippen LogP contribution in [-0.2, 0) is 4.79 Å². The zero-order valence-corrected chi connectivity index (χ0v) is 13.3. The molecule has 0 heterocycles. The Morgan fingerprint density at radius 2 is 2.11 bits per heavy atom. The number of aliphatic hydroxyl groups excluding tert-OH is 1. The van der Waals surface area contributed by atoms with Gasteiger partial charge in [-0.25, -0.2) is 0 Å². The monoisotopic (exact) mass is 347 g/mol. The van der Waals surface area contributed by atoms with Gasteiger partial charge in [0.2, 0.25) is 0 Å². The topological polar surface area (TPSA) is 58.6 Å². The van der Waals surface area contributed by atoms with Crippen molar-refractivity contribution >= 4 is 33.6 Å². The van der Waals surface area contributed by atoms with E-state index in [-0.39, 0.29) is 30.4 Å². The molecule has 0 saturated carbocycles. The lowest BCUT2D eigenvalue weighted by molar-refractivity contribution is -0.123. The number of aliphatic hydroxyl groups is 1. The lowest BCUT2D eigenvalue weighted by atomic mass is 10.2. The number of hydrogen-bond acceptors (Lipinski definition) is 4. The molecular weight excluding hydrogens is 330 g/mol. The minimum absolute atomic E-state index is 0.00312. The molecule has 0 aliphatic carbocycles. The van der Waals surface area contributed by atoms with Crippen LogP contribution in [0.1, 0.15) is 6.92 Å². The fourth-order valence-electron chi connectivity index (χ4n) is 1.51. The molecule has 2 N–H and O–H groups in total. The normalized spacial score (nSPS) is 13.7. The first-order chi connectivity index (χ1) is 9.06. The first kappa shape index (κ1) is 16.3. The number of amides is 1. The first-order valence-electron chi connectivity index (χ1n) is 5.88. The zero-order chi connectivity index (χ0) is 14.3. The summed E-state index contributed by atoms with van der Waals surface area (Å²) >= 11 is 4.85. The smallest absolute Gasteiger partial charge is 0.258 e. The molecule has 0 bridgehead atoms. The number of halogens is 1. The minimum atomic E-state index is -0.192. The van der Waals surface area contributed by atoms with Crippen LogP contribution in [0, 0.1) is 0 Å². The first-order valence-corrected chi connectivity index (χ1v) is 7.96. The Balaban J connectivity index is 2.37. The number of carbonyl (C=O) groups is 1. The van der Waals surface area contributed by atoms with Crippen LogP contribution in [0.2, 0.25) is 0 Å². The predicted octanol–water partition coefficient (Wildman–Crippen LogP) is 2.06. The molecule has 1 rings (SSSR count). The molecule has 0 aliphatic heterocycles. The number of nitrogens with one attached hydrogen (secondary N) is 1. The Bertz CT molecular complexity index is 395. The molecule has 0 aromatic heterocycles. The van der Waals surface area contributed by atoms with Gasteiger partial charge >= 0.3 is 0 Å². The van der Waals surface area contributed by atoms with Crippen molar-refractivity contribution in [2.45, 2.75) is 18.2 Å². The summed E-state index contributed by atoms with van der Waals surface area (Å²) in [6.45, 7) is 1.88. The fourth-order valence-corrected chi connectivity index (χ4v) is 2.39. The largest absolute Gasteiger partial charge is 0.484 e. The van der Waals surface area contributed by atoms with E-state index in [0.29, 0.717) is 5.75 Å². The average Bonchev–Trinajstić information content (AvgIpc) is 2.39. The highest BCUT2D eigenvalue weighted by molar-refractivity contribution is 9.10. The molecule has 0 saturated heterocycles. The molecule has 6 heteroatoms. The van der Waals surface area contributed by atoms with Crippen molar-refractivity contribution in [3.05, 3.63) is 28.7 Å². The Labute approximate surface area is 126 Å². The molecule has 2 atom stereocenters. The van der Waals surface area contributed by atoms with Gasteiger partial charge in [0.05, 0.1) is 6.61 Å². The van der Waals surface area contributed by atoms with Gasteiger partial charge in [-0.3, -0.25) is 4.79 Å². The van der Waals surface area contributed by atoms with Crippen molar-refractivity contribution in [3.63, 3.8) is 0 Å². The highest BCUT2D eigenvalue weighted by Gasteiger charge is 2.17. The van der Waals surface area contributed by atoms with Crippen molar-refractivity contribution in [1.82, 2.24) is 5.32 Å². The second-order valence-corrected chi connectivity index (χ2v) is 6.05. The van der Waals surface area contributed by atoms with E-state index >= 15 is 0 Å². The van der Waals surface area contributed by atoms with Gasteiger partial charge in [-0.15, -0.1) is 0 Å². The van der Waals surface area contributed by atoms with Crippen molar-refractivity contribution in [2.24, 2.45) is 0 Å². The minimum Gasteiger partial charge on any atom is -0.484 e. The predicted molar refractivity (Wildman–Crippen MR) is 81.6 cm³/mol. The standard InChI is InChI=1S/C13H18BrNO3S/c1-9(12(7-16)19-2)15-13(17)8-18-11-5-3-10(14)4-6-11/h3-6,9,12,16H,7-8H2,1-2H3,(H,15,17). The van der Waals surface area contributed by atoms with E-state index in [1.54, 1.807) is 12.1 Å². The number of hydrogen-bond donors (Lipinski definition) is 2. The lowest BCUT2D eigenvalue weighted by Gasteiger charge is -2.21. The summed E-state index contributed by atoms with van der Waals surface area (Å²) in [4.78, 5) is 11.7. The van der Waals surface area contributed by atoms with E-state index in [4.69, 9.17) is 9.84 Å². The van der Waals surface area contributed by atoms with Gasteiger partial charge in [0.15, 0.2) is 6.61 Å². The van der Waals surface area contributed by atoms with Gasteiger partial charge in [-0.2, -0.15) is 11.8 Å². The average molecular weight is 348 g/mol. The van der Waals surface area contributed by atoms with Gasteiger partial charge in [0.1, 0.15) is 5.75 Å². The summed E-state index contributed by atoms with van der Waals surface area (Å²) < 4.78 is 6.33. The molecule has 0 spiro atoms. The van der Waals surface area contributed by atoms with Crippen molar-refractivity contribution in [3.8, 4) is 5.75 Å². The molecule has 1 aromatic rings. The molecular formula is C13H18BrNO3S. The van der Waals surface area contributed by atoms with Crippen LogP contribution in [0.4, 0.5) is 0 Å². The molecule has 1 amide bonds. The van der Waals surface area contributed by atoms with Crippen LogP contribution in [0.15, 0.2) is 28.7 Å². The summed E-state index contributed by atoms with van der Waals surface area (Å²) in [6, 6.07) is 7.19. The summed E-state index contributed by atoms with van der Waals surface area (Å²) in [5.74, 6) is 0.456. The second kappa shape index (κ2) is 8.45. The quantitative estimate of drug-likeness (QED) is 0.792. The van der Waals surface area contributed by atoms with E-state index in [0.717, 1.165) is 4.47 Å². The highest BCUT2D eigenvalue weighted by atomic mass is 79.9. The molecule has 19 heavy (non-hydrogen) atoms. The van der Waals surface area contributed by atoms with Crippen molar-refractivity contribution < 1.29 is 14.6 Å². The van der Waals surface area contributed by atoms with Gasteiger partial charge < -0.3 is 15.2 Å². The van der Waals surface area contributed by atoms with Crippen molar-refractivity contribution in [2.75, 3.05) is 19.5 Å². The third-order valence-corrected chi connectivity index (χ3v) is 4.30. The van der Waals surface area contributed by atoms with E-state index in [2.05, 4.69) is 21.2 Å². The maximum absolute atomic E-state index is 11.7. The maximum Gasteiger partial charge on any atom is 0.258 e. The van der Waals surface area contributed by atoms with Crippen LogP contribution in [0.3, 0.4) is 0 Å². The lowest BCUT2D eigenvalue weighted by Crippen LogP contribution is -2.43. The van der Waals surface area contributed by atoms with E-state index in [1.807, 2.05) is 25.3 Å². The SMILES string of the molecule is CSC(CO)C(C)NC(=O)COc1ccc(Br)cc1. The van der Waals surface area contributed by atoms with Crippen molar-refractivity contribution in [1.29, 1.82) is 0 Å². The summed E-state index contributed by atoms with van der Waals surface area (Å²) in [5.41, 5.74) is 0. The van der Waals surface area contributed by atoms with Crippen LogP contribution in [-0.4, -0.2) is 41.8 Å². The van der Waals surface area contributed by atoms with Gasteiger partial charge in [0.25, 0.3) is 5.91 Å². The second-order valence-electron chi connectivity index (χ2n) is 4.06. The molecule has 0 radical (unpaired) electrons. The number of rotatable bonds is 7. The Morgan fingerprint density at radius 3 is 2.63 bits per heavy atom. The Kier molecular flexibility index (Phi) is 7.27. The molecule has 0 aliphatic rings. The molecule has 106 valence electrons. The molecule has 2 unspecified atom stereocenters. The summed E-state index contributed by atoms with van der Waals surface area (Å²) in [5, 5.41) is 11.9. The maximum atomic E-state index is 11.7. The summed E-state index contributed by atoms with van der Waals surface area (Å²) in [6.07, 6.45) is 1.90. The molecule has 4 nitrogen and oxygen atoms in total. The van der Waals surface area contributed by atoms with Crippen LogP contribution in [0.25, 0.3) is 0 Å². The summed E-state index contributed by atoms with van der Waals surface area (Å²) in [7, 11) is 0. The van der Waals surface area contributed by atoms with E-state index in [9.17, 15) is 4.79 Å². The number of thioether (sulfide) groups is 1. The van der Waals surface area contributed by atoms with Crippen LogP contribution in [0.5, 0.6) is 5.75 Å². The van der Waals surface area contributed by atoms with Gasteiger partial charge in [-0.05, 0) is 37.4 Å². The van der Waals surface area contributed by atoms with E-state index in [1.165, 1.54) is 11.8 Å². The third kappa shape index (κ3) is 5.84. The van der Waals surface area contributed by atoms with Gasteiger partial charge in [-0.1, -0.05) is 15.9 Å². The number of carbonyl (C=O) groups excluding carboxylic acids is 1. The highest BCUT2D eigenvalue weighted by Crippen LogP contribution is 2.16. The van der Waals surface area contributed by atoms with Gasteiger partial charge in [0, 0.05) is 15.8 Å². The molecule has 0 fully saturated rings. The fraction of sp³-hybridized carbons (Fsp3) is 0.462. The number of benzene rings is 1. The Morgan fingerprint density at radius 1 is 1.47 bits per heavy atom. The molecule has 1 aromatic carbocycles. The Hall–Kier alpha value is -0.720.